The van der Waals surface area contributed by atoms with Crippen molar-refractivity contribution >= 4 is 0 Å². The molecule has 0 radical (unpaired) electrons. The maximum Gasteiger partial charge on any atom is 0.141 e. The van der Waals surface area contributed by atoms with Crippen molar-refractivity contribution in [1.82, 2.24) is 20.2 Å². The van der Waals surface area contributed by atoms with Gasteiger partial charge in [0.15, 0.2) is 0 Å². The Kier molecular flexibility index (Phi) is 4.01. The quantitative estimate of drug-likeness (QED) is 0.615. The molecule has 2 aromatic heterocycles. The van der Waals surface area contributed by atoms with E-state index in [9.17, 15) is 4.39 Å². The Hall–Kier alpha value is -1.79. The number of hydrazine groups is 1. The molecule has 2 heterocycles. The molecule has 2 rings (SSSR count). The zero-order valence-corrected chi connectivity index (χ0v) is 10.2. The SMILES string of the molecule is Cn1nccc1CCC(NN)c1cncc(F)c1. The number of nitrogens with two attached hydrogens (primary N) is 1. The second-order valence-electron chi connectivity index (χ2n) is 4.14. The highest BCUT2D eigenvalue weighted by Gasteiger charge is 2.12. The summed E-state index contributed by atoms with van der Waals surface area (Å²) < 4.78 is 14.9. The summed E-state index contributed by atoms with van der Waals surface area (Å²) in [4.78, 5) is 3.83. The third-order valence-corrected chi connectivity index (χ3v) is 2.94. The van der Waals surface area contributed by atoms with E-state index in [0.29, 0.717) is 0 Å². The molecule has 0 aliphatic heterocycles. The van der Waals surface area contributed by atoms with Crippen molar-refractivity contribution in [2.45, 2.75) is 18.9 Å². The van der Waals surface area contributed by atoms with E-state index in [1.807, 2.05) is 17.8 Å². The average molecular weight is 249 g/mol. The summed E-state index contributed by atoms with van der Waals surface area (Å²) in [5, 5.41) is 4.10. The molecule has 0 fully saturated rings. The van der Waals surface area contributed by atoms with Crippen LogP contribution >= 0.6 is 0 Å². The number of aromatic nitrogens is 3. The Morgan fingerprint density at radius 2 is 2.33 bits per heavy atom. The third kappa shape index (κ3) is 2.91. The van der Waals surface area contributed by atoms with Gasteiger partial charge in [-0.2, -0.15) is 5.10 Å². The lowest BCUT2D eigenvalue weighted by atomic mass is 10.0. The summed E-state index contributed by atoms with van der Waals surface area (Å²) in [6, 6.07) is 3.28. The number of nitrogens with one attached hydrogen (secondary N) is 1. The van der Waals surface area contributed by atoms with Crippen molar-refractivity contribution in [3.8, 4) is 0 Å². The first-order valence-electron chi connectivity index (χ1n) is 5.74. The summed E-state index contributed by atoms with van der Waals surface area (Å²) in [7, 11) is 1.89. The van der Waals surface area contributed by atoms with Crippen molar-refractivity contribution in [2.24, 2.45) is 12.9 Å². The molecule has 2 aromatic rings. The molecule has 0 saturated carbocycles. The molecule has 18 heavy (non-hydrogen) atoms. The smallest absolute Gasteiger partial charge is 0.141 e. The van der Waals surface area contributed by atoms with E-state index < -0.39 is 0 Å². The van der Waals surface area contributed by atoms with E-state index in [0.717, 1.165) is 24.1 Å². The summed E-state index contributed by atoms with van der Waals surface area (Å²) >= 11 is 0. The Balaban J connectivity index is 2.04. The normalized spacial score (nSPS) is 12.6. The van der Waals surface area contributed by atoms with Gasteiger partial charge in [0.2, 0.25) is 0 Å². The molecule has 0 aliphatic rings. The molecule has 3 N–H and O–H groups in total. The van der Waals surface area contributed by atoms with Gasteiger partial charge in [0, 0.05) is 31.2 Å². The van der Waals surface area contributed by atoms with E-state index in [2.05, 4.69) is 15.5 Å². The lowest BCUT2D eigenvalue weighted by Crippen LogP contribution is -2.28. The van der Waals surface area contributed by atoms with Gasteiger partial charge >= 0.3 is 0 Å². The first kappa shape index (κ1) is 12.7. The molecule has 0 saturated heterocycles. The third-order valence-electron chi connectivity index (χ3n) is 2.94. The predicted octanol–water partition coefficient (Wildman–Crippen LogP) is 1.09. The minimum absolute atomic E-state index is 0.122. The molecule has 0 aliphatic carbocycles. The van der Waals surface area contributed by atoms with Crippen LogP contribution in [-0.2, 0) is 13.5 Å². The first-order valence-corrected chi connectivity index (χ1v) is 5.74. The molecule has 0 amide bonds. The highest BCUT2D eigenvalue weighted by Crippen LogP contribution is 2.18. The number of rotatable bonds is 5. The van der Waals surface area contributed by atoms with Crippen molar-refractivity contribution in [3.05, 3.63) is 47.8 Å². The van der Waals surface area contributed by atoms with Gasteiger partial charge in [-0.15, -0.1) is 0 Å². The van der Waals surface area contributed by atoms with E-state index in [1.54, 1.807) is 12.4 Å². The van der Waals surface area contributed by atoms with E-state index in [4.69, 9.17) is 5.84 Å². The average Bonchev–Trinajstić information content (AvgIpc) is 2.76. The number of halogens is 1. The molecule has 1 atom stereocenters. The molecule has 5 nitrogen and oxygen atoms in total. The number of hydrogen-bond donors (Lipinski definition) is 2. The Bertz CT molecular complexity index is 511. The number of nitrogens with zero attached hydrogens (tertiary/aromatic N) is 3. The number of hydrogen-bond acceptors (Lipinski definition) is 4. The van der Waals surface area contributed by atoms with Crippen LogP contribution in [-0.4, -0.2) is 14.8 Å². The fourth-order valence-corrected chi connectivity index (χ4v) is 1.90. The fraction of sp³-hybridized carbons (Fsp3) is 0.333. The summed E-state index contributed by atoms with van der Waals surface area (Å²) in [6.45, 7) is 0. The molecule has 0 bridgehead atoms. The zero-order valence-electron chi connectivity index (χ0n) is 10.2. The van der Waals surface area contributed by atoms with E-state index >= 15 is 0 Å². The summed E-state index contributed by atoms with van der Waals surface area (Å²) in [5.41, 5.74) is 4.55. The van der Waals surface area contributed by atoms with Gasteiger partial charge in [-0.3, -0.25) is 20.9 Å². The van der Waals surface area contributed by atoms with Crippen LogP contribution in [0.1, 0.15) is 23.7 Å². The standard InChI is InChI=1S/C12H16FN5/c1-18-11(4-5-16-18)2-3-12(17-14)9-6-10(13)8-15-7-9/h4-8,12,17H,2-3,14H2,1H3. The highest BCUT2D eigenvalue weighted by molar-refractivity contribution is 5.15. The van der Waals surface area contributed by atoms with Gasteiger partial charge in [-0.25, -0.2) is 4.39 Å². The van der Waals surface area contributed by atoms with E-state index in [-0.39, 0.29) is 11.9 Å². The van der Waals surface area contributed by atoms with Crippen LogP contribution in [0, 0.1) is 5.82 Å². The lowest BCUT2D eigenvalue weighted by Gasteiger charge is -2.15. The number of pyridine rings is 1. The highest BCUT2D eigenvalue weighted by atomic mass is 19.1. The Labute approximate surface area is 105 Å². The molecular weight excluding hydrogens is 233 g/mol. The van der Waals surface area contributed by atoms with Crippen molar-refractivity contribution < 1.29 is 4.39 Å². The van der Waals surface area contributed by atoms with Crippen LogP contribution in [0.15, 0.2) is 30.7 Å². The monoisotopic (exact) mass is 249 g/mol. The topological polar surface area (TPSA) is 68.8 Å². The molecule has 0 aromatic carbocycles. The van der Waals surface area contributed by atoms with Crippen LogP contribution < -0.4 is 11.3 Å². The maximum atomic E-state index is 13.1. The Morgan fingerprint density at radius 1 is 1.50 bits per heavy atom. The van der Waals surface area contributed by atoms with Gasteiger partial charge in [0.25, 0.3) is 0 Å². The van der Waals surface area contributed by atoms with Gasteiger partial charge in [0.1, 0.15) is 5.82 Å². The Morgan fingerprint density at radius 3 is 2.94 bits per heavy atom. The van der Waals surface area contributed by atoms with Gasteiger partial charge in [-0.05, 0) is 30.5 Å². The van der Waals surface area contributed by atoms with Gasteiger partial charge in [-0.1, -0.05) is 0 Å². The van der Waals surface area contributed by atoms with Crippen molar-refractivity contribution in [1.29, 1.82) is 0 Å². The lowest BCUT2D eigenvalue weighted by molar-refractivity contribution is 0.500. The minimum Gasteiger partial charge on any atom is -0.273 e. The molecule has 96 valence electrons. The zero-order chi connectivity index (χ0) is 13.0. The molecule has 1 unspecified atom stereocenters. The molecular formula is C12H16FN5. The van der Waals surface area contributed by atoms with Crippen LogP contribution in [0.5, 0.6) is 0 Å². The van der Waals surface area contributed by atoms with Crippen molar-refractivity contribution in [2.75, 3.05) is 0 Å². The largest absolute Gasteiger partial charge is 0.273 e. The number of aryl methyl sites for hydroxylation is 2. The summed E-state index contributed by atoms with van der Waals surface area (Å²) in [6.07, 6.45) is 6.11. The van der Waals surface area contributed by atoms with Crippen LogP contribution in [0.4, 0.5) is 4.39 Å². The van der Waals surface area contributed by atoms with Crippen LogP contribution in [0.2, 0.25) is 0 Å². The summed E-state index contributed by atoms with van der Waals surface area (Å²) in [5.74, 6) is 5.16. The van der Waals surface area contributed by atoms with Crippen LogP contribution in [0.25, 0.3) is 0 Å². The maximum absolute atomic E-state index is 13.1. The second-order valence-corrected chi connectivity index (χ2v) is 4.14. The molecule has 6 heteroatoms. The van der Waals surface area contributed by atoms with E-state index in [1.165, 1.54) is 12.3 Å². The second kappa shape index (κ2) is 5.70. The van der Waals surface area contributed by atoms with Crippen molar-refractivity contribution in [3.63, 3.8) is 0 Å². The predicted molar refractivity (Wildman–Crippen MR) is 65.8 cm³/mol. The van der Waals surface area contributed by atoms with Gasteiger partial charge < -0.3 is 0 Å². The van der Waals surface area contributed by atoms with Crippen LogP contribution in [0.3, 0.4) is 0 Å². The van der Waals surface area contributed by atoms with Gasteiger partial charge in [0.05, 0.1) is 6.20 Å². The first-order chi connectivity index (χ1) is 8.70. The fourth-order valence-electron chi connectivity index (χ4n) is 1.90. The molecule has 0 spiro atoms. The minimum atomic E-state index is -0.353.